The summed E-state index contributed by atoms with van der Waals surface area (Å²) in [5.74, 6) is 0.202. The molecule has 0 spiro atoms. The third-order valence-corrected chi connectivity index (χ3v) is 7.71. The maximum absolute atomic E-state index is 13.7. The molecule has 0 amide bonds. The van der Waals surface area contributed by atoms with E-state index >= 15 is 0 Å². The Balaban J connectivity index is 1.69. The van der Waals surface area contributed by atoms with Crippen molar-refractivity contribution in [1.82, 2.24) is 4.98 Å². The monoisotopic (exact) mass is 494 g/mol. The van der Waals surface area contributed by atoms with Crippen LogP contribution in [0.4, 0.5) is 5.88 Å². The highest BCUT2D eigenvalue weighted by Gasteiger charge is 2.34. The summed E-state index contributed by atoms with van der Waals surface area (Å²) in [6.07, 6.45) is 0. The summed E-state index contributed by atoms with van der Waals surface area (Å²) in [5.41, 5.74) is 1.91. The third kappa shape index (κ3) is 4.46. The van der Waals surface area contributed by atoms with Crippen LogP contribution in [0, 0.1) is 0 Å². The van der Waals surface area contributed by atoms with Crippen molar-refractivity contribution in [3.05, 3.63) is 107 Å². The van der Waals surface area contributed by atoms with Gasteiger partial charge in [-0.05, 0) is 35.4 Å². The Labute approximate surface area is 203 Å². The van der Waals surface area contributed by atoms with Crippen molar-refractivity contribution >= 4 is 27.3 Å². The maximum Gasteiger partial charge on any atom is 0.236 e. The highest BCUT2D eigenvalue weighted by atomic mass is 35.5. The van der Waals surface area contributed by atoms with Crippen molar-refractivity contribution in [2.24, 2.45) is 0 Å². The summed E-state index contributed by atoms with van der Waals surface area (Å²) in [6, 6.07) is 25.7. The number of nitrogens with zero attached hydrogens (tertiary/aromatic N) is 2. The zero-order valence-corrected chi connectivity index (χ0v) is 19.9. The topological polar surface area (TPSA) is 72.6 Å². The highest BCUT2D eigenvalue weighted by molar-refractivity contribution is 7.91. The second-order valence-electron chi connectivity index (χ2n) is 7.97. The molecule has 0 radical (unpaired) electrons. The normalized spacial score (nSPS) is 14.5. The molecule has 1 aliphatic rings. The minimum atomic E-state index is -3.96. The average Bonchev–Trinajstić information content (AvgIpc) is 3.32. The van der Waals surface area contributed by atoms with Crippen LogP contribution in [0.2, 0.25) is 5.02 Å². The summed E-state index contributed by atoms with van der Waals surface area (Å²) < 4.78 is 39.2. The van der Waals surface area contributed by atoms with Gasteiger partial charge in [-0.15, -0.1) is 0 Å². The molecule has 6 nitrogen and oxygen atoms in total. The molecule has 0 aliphatic carbocycles. The van der Waals surface area contributed by atoms with E-state index in [1.165, 1.54) is 12.1 Å². The largest absolute Gasteiger partial charge is 0.423 e. The van der Waals surface area contributed by atoms with Gasteiger partial charge in [0.2, 0.25) is 26.6 Å². The Morgan fingerprint density at radius 2 is 1.38 bits per heavy atom. The minimum Gasteiger partial charge on any atom is -0.423 e. The number of halogens is 1. The van der Waals surface area contributed by atoms with Gasteiger partial charge in [0.05, 0.1) is 24.0 Å². The number of hydrogen-bond donors (Lipinski definition) is 0. The predicted octanol–water partition coefficient (Wildman–Crippen LogP) is 5.18. The minimum absolute atomic E-state index is 0.0939. The van der Waals surface area contributed by atoms with Crippen LogP contribution in [0.15, 0.2) is 99.3 Å². The van der Waals surface area contributed by atoms with E-state index in [4.69, 9.17) is 20.8 Å². The fourth-order valence-corrected chi connectivity index (χ4v) is 5.53. The van der Waals surface area contributed by atoms with Crippen LogP contribution in [0.3, 0.4) is 0 Å². The maximum atomic E-state index is 13.7. The summed E-state index contributed by atoms with van der Waals surface area (Å²) in [6.45, 7) is 1.99. The summed E-state index contributed by atoms with van der Waals surface area (Å²) in [4.78, 5) is 6.64. The average molecular weight is 495 g/mol. The van der Waals surface area contributed by atoms with Crippen molar-refractivity contribution in [1.29, 1.82) is 0 Å². The van der Waals surface area contributed by atoms with E-state index in [0.29, 0.717) is 37.2 Å². The lowest BCUT2D eigenvalue weighted by atomic mass is 9.91. The van der Waals surface area contributed by atoms with Crippen molar-refractivity contribution in [2.75, 3.05) is 31.2 Å². The molecule has 0 atom stereocenters. The fourth-order valence-electron chi connectivity index (χ4n) is 4.07. The highest BCUT2D eigenvalue weighted by Crippen LogP contribution is 2.38. The van der Waals surface area contributed by atoms with Gasteiger partial charge in [0.25, 0.3) is 0 Å². The Morgan fingerprint density at radius 3 is 1.94 bits per heavy atom. The van der Waals surface area contributed by atoms with Crippen molar-refractivity contribution in [3.8, 4) is 0 Å². The molecule has 1 saturated heterocycles. The molecular weight excluding hydrogens is 472 g/mol. The van der Waals surface area contributed by atoms with E-state index in [0.717, 1.165) is 11.1 Å². The number of anilines is 1. The first-order chi connectivity index (χ1) is 16.5. The molecule has 3 aromatic carbocycles. The number of aromatic nitrogens is 1. The number of ether oxygens (including phenoxy) is 1. The van der Waals surface area contributed by atoms with E-state index < -0.39 is 9.84 Å². The Bertz CT molecular complexity index is 1310. The number of sulfone groups is 1. The lowest BCUT2D eigenvalue weighted by Crippen LogP contribution is -2.36. The summed E-state index contributed by atoms with van der Waals surface area (Å²) in [7, 11) is -3.96. The third-order valence-electron chi connectivity index (χ3n) is 5.79. The molecule has 1 aromatic heterocycles. The molecule has 4 aromatic rings. The molecule has 0 saturated carbocycles. The van der Waals surface area contributed by atoms with Crippen LogP contribution in [0.25, 0.3) is 0 Å². The van der Waals surface area contributed by atoms with Crippen molar-refractivity contribution in [2.45, 2.75) is 15.8 Å². The number of morpholine rings is 1. The Morgan fingerprint density at radius 1 is 0.824 bits per heavy atom. The quantitative estimate of drug-likeness (QED) is 0.368. The molecular formula is C26H23ClN2O4S. The van der Waals surface area contributed by atoms with E-state index in [9.17, 15) is 8.42 Å². The number of benzene rings is 3. The first-order valence-electron chi connectivity index (χ1n) is 11.0. The van der Waals surface area contributed by atoms with Crippen LogP contribution in [0.5, 0.6) is 0 Å². The standard InChI is InChI=1S/C26H23ClN2O4S/c27-21-11-13-22(14-12-21)34(30,31)25-26(29-15-17-32-18-16-29)33-24(28-25)23(19-7-3-1-4-8-19)20-9-5-2-6-10-20/h1-14,23H,15-18H2. The second-order valence-corrected chi connectivity index (χ2v) is 10.3. The Kier molecular flexibility index (Phi) is 6.41. The number of hydrogen-bond acceptors (Lipinski definition) is 6. The first-order valence-corrected chi connectivity index (χ1v) is 12.8. The number of rotatable bonds is 6. The first kappa shape index (κ1) is 22.7. The van der Waals surface area contributed by atoms with Gasteiger partial charge < -0.3 is 14.1 Å². The van der Waals surface area contributed by atoms with Gasteiger partial charge >= 0.3 is 0 Å². The van der Waals surface area contributed by atoms with Crippen molar-refractivity contribution in [3.63, 3.8) is 0 Å². The lowest BCUT2D eigenvalue weighted by Gasteiger charge is -2.26. The van der Waals surface area contributed by atoms with E-state index in [1.54, 1.807) is 12.1 Å². The van der Waals surface area contributed by atoms with E-state index in [2.05, 4.69) is 4.98 Å². The predicted molar refractivity (Wildman–Crippen MR) is 130 cm³/mol. The van der Waals surface area contributed by atoms with Crippen LogP contribution in [-0.4, -0.2) is 39.7 Å². The summed E-state index contributed by atoms with van der Waals surface area (Å²) >= 11 is 5.99. The van der Waals surface area contributed by atoms with Gasteiger partial charge in [0, 0.05) is 18.1 Å². The van der Waals surface area contributed by atoms with Gasteiger partial charge in [-0.3, -0.25) is 0 Å². The smallest absolute Gasteiger partial charge is 0.236 e. The number of oxazole rings is 1. The van der Waals surface area contributed by atoms with Crippen LogP contribution < -0.4 is 4.90 Å². The molecule has 0 N–H and O–H groups in total. The van der Waals surface area contributed by atoms with Gasteiger partial charge in [0.1, 0.15) is 0 Å². The van der Waals surface area contributed by atoms with Crippen LogP contribution >= 0.6 is 11.6 Å². The second kappa shape index (κ2) is 9.62. The zero-order valence-electron chi connectivity index (χ0n) is 18.3. The molecule has 174 valence electrons. The molecule has 8 heteroatoms. The van der Waals surface area contributed by atoms with Gasteiger partial charge in [-0.1, -0.05) is 72.3 Å². The molecule has 34 heavy (non-hydrogen) atoms. The van der Waals surface area contributed by atoms with Crippen molar-refractivity contribution < 1.29 is 17.6 Å². The summed E-state index contributed by atoms with van der Waals surface area (Å²) in [5, 5.41) is 0.366. The fraction of sp³-hybridized carbons (Fsp3) is 0.192. The molecule has 5 rings (SSSR count). The van der Waals surface area contributed by atoms with E-state index in [1.807, 2.05) is 65.6 Å². The zero-order chi connectivity index (χ0) is 23.5. The lowest BCUT2D eigenvalue weighted by molar-refractivity contribution is 0.120. The molecule has 1 aliphatic heterocycles. The van der Waals surface area contributed by atoms with Gasteiger partial charge in [0.15, 0.2) is 0 Å². The van der Waals surface area contributed by atoms with E-state index in [-0.39, 0.29) is 21.7 Å². The molecule has 0 bridgehead atoms. The molecule has 0 unspecified atom stereocenters. The van der Waals surface area contributed by atoms with Gasteiger partial charge in [-0.2, -0.15) is 4.98 Å². The molecule has 1 fully saturated rings. The SMILES string of the molecule is O=S(=O)(c1ccc(Cl)cc1)c1nc(C(c2ccccc2)c2ccccc2)oc1N1CCOCC1. The van der Waals surface area contributed by atoms with Crippen LogP contribution in [0.1, 0.15) is 22.9 Å². The Hall–Kier alpha value is -3.13. The molecule has 2 heterocycles. The van der Waals surface area contributed by atoms with Crippen LogP contribution in [-0.2, 0) is 14.6 Å². The van der Waals surface area contributed by atoms with Gasteiger partial charge in [-0.25, -0.2) is 8.42 Å².